The zero-order chi connectivity index (χ0) is 13.8. The number of carbonyl (C=O) groups is 3. The van der Waals surface area contributed by atoms with E-state index in [1.807, 2.05) is 0 Å². The van der Waals surface area contributed by atoms with Crippen LogP contribution >= 0.6 is 0 Å². The summed E-state index contributed by atoms with van der Waals surface area (Å²) in [7, 11) is 0. The first-order valence-corrected chi connectivity index (χ1v) is 6.59. The zero-order valence-corrected chi connectivity index (χ0v) is 10.8. The number of amides is 2. The number of rotatable bonds is 4. The van der Waals surface area contributed by atoms with Crippen molar-refractivity contribution >= 4 is 17.8 Å². The van der Waals surface area contributed by atoms with Gasteiger partial charge in [0, 0.05) is 26.2 Å². The van der Waals surface area contributed by atoms with E-state index in [4.69, 9.17) is 5.11 Å². The van der Waals surface area contributed by atoms with Gasteiger partial charge in [-0.2, -0.15) is 0 Å². The van der Waals surface area contributed by atoms with Crippen LogP contribution in [0.4, 0.5) is 0 Å². The zero-order valence-electron chi connectivity index (χ0n) is 10.8. The van der Waals surface area contributed by atoms with Crippen LogP contribution in [0.1, 0.15) is 19.3 Å². The van der Waals surface area contributed by atoms with Crippen molar-refractivity contribution in [3.8, 4) is 0 Å². The van der Waals surface area contributed by atoms with Crippen molar-refractivity contribution in [3.63, 3.8) is 0 Å². The lowest BCUT2D eigenvalue weighted by Crippen LogP contribution is -2.58. The molecule has 0 bridgehead atoms. The fourth-order valence-corrected chi connectivity index (χ4v) is 2.58. The van der Waals surface area contributed by atoms with Gasteiger partial charge in [0.15, 0.2) is 0 Å². The highest BCUT2D eigenvalue weighted by molar-refractivity contribution is 5.88. The molecule has 0 saturated carbocycles. The lowest BCUT2D eigenvalue weighted by molar-refractivity contribution is -0.145. The SMILES string of the molecule is O=C(O)CC1C(=O)NCCN1CC(=O)N1CCCC1. The molecule has 2 amide bonds. The van der Waals surface area contributed by atoms with Gasteiger partial charge in [0.2, 0.25) is 11.8 Å². The number of carbonyl (C=O) groups excluding carboxylic acids is 2. The van der Waals surface area contributed by atoms with Crippen molar-refractivity contribution in [1.29, 1.82) is 0 Å². The summed E-state index contributed by atoms with van der Waals surface area (Å²) >= 11 is 0. The van der Waals surface area contributed by atoms with Crippen molar-refractivity contribution in [1.82, 2.24) is 15.1 Å². The molecule has 2 fully saturated rings. The fraction of sp³-hybridized carbons (Fsp3) is 0.750. The summed E-state index contributed by atoms with van der Waals surface area (Å²) in [4.78, 5) is 38.0. The molecule has 7 heteroatoms. The smallest absolute Gasteiger partial charge is 0.305 e. The summed E-state index contributed by atoms with van der Waals surface area (Å²) in [6.07, 6.45) is 1.77. The molecule has 0 aliphatic carbocycles. The van der Waals surface area contributed by atoms with Crippen LogP contribution in [0.25, 0.3) is 0 Å². The van der Waals surface area contributed by atoms with Gasteiger partial charge in [-0.1, -0.05) is 0 Å². The molecule has 2 saturated heterocycles. The van der Waals surface area contributed by atoms with Gasteiger partial charge in [-0.25, -0.2) is 0 Å². The first-order chi connectivity index (χ1) is 9.08. The molecule has 0 aromatic carbocycles. The van der Waals surface area contributed by atoms with Crippen LogP contribution in [0.15, 0.2) is 0 Å². The number of nitrogens with zero attached hydrogens (tertiary/aromatic N) is 2. The Hall–Kier alpha value is -1.63. The molecular weight excluding hydrogens is 250 g/mol. The fourth-order valence-electron chi connectivity index (χ4n) is 2.58. The average Bonchev–Trinajstić information content (AvgIpc) is 2.87. The predicted octanol–water partition coefficient (Wildman–Crippen LogP) is -1.12. The number of hydrogen-bond acceptors (Lipinski definition) is 4. The molecule has 2 heterocycles. The van der Waals surface area contributed by atoms with E-state index in [1.165, 1.54) is 0 Å². The van der Waals surface area contributed by atoms with Gasteiger partial charge in [0.25, 0.3) is 0 Å². The number of aliphatic carboxylic acids is 1. The summed E-state index contributed by atoms with van der Waals surface area (Å²) in [5.41, 5.74) is 0. The Balaban J connectivity index is 1.96. The Morgan fingerprint density at radius 1 is 1.26 bits per heavy atom. The Kier molecular flexibility index (Phi) is 4.36. The molecule has 2 N–H and O–H groups in total. The van der Waals surface area contributed by atoms with Gasteiger partial charge in [-0.15, -0.1) is 0 Å². The highest BCUT2D eigenvalue weighted by Crippen LogP contribution is 2.12. The van der Waals surface area contributed by atoms with Crippen LogP contribution in [0.3, 0.4) is 0 Å². The average molecular weight is 269 g/mol. The van der Waals surface area contributed by atoms with Crippen LogP contribution in [-0.2, 0) is 14.4 Å². The van der Waals surface area contributed by atoms with Gasteiger partial charge < -0.3 is 15.3 Å². The second kappa shape index (κ2) is 6.01. The monoisotopic (exact) mass is 269 g/mol. The van der Waals surface area contributed by atoms with Gasteiger partial charge in [-0.05, 0) is 12.8 Å². The molecule has 1 unspecified atom stereocenters. The van der Waals surface area contributed by atoms with E-state index in [9.17, 15) is 14.4 Å². The van der Waals surface area contributed by atoms with Crippen molar-refractivity contribution in [2.45, 2.75) is 25.3 Å². The molecule has 2 rings (SSSR count). The quantitative estimate of drug-likeness (QED) is 0.675. The third-order valence-corrected chi connectivity index (χ3v) is 3.61. The maximum Gasteiger partial charge on any atom is 0.305 e. The number of piperazine rings is 1. The van der Waals surface area contributed by atoms with Gasteiger partial charge in [-0.3, -0.25) is 19.3 Å². The Bertz CT molecular complexity index is 379. The lowest BCUT2D eigenvalue weighted by Gasteiger charge is -2.34. The minimum Gasteiger partial charge on any atom is -0.481 e. The maximum absolute atomic E-state index is 12.1. The molecule has 1 atom stereocenters. The largest absolute Gasteiger partial charge is 0.481 e. The van der Waals surface area contributed by atoms with Crippen molar-refractivity contribution < 1.29 is 19.5 Å². The Labute approximate surface area is 111 Å². The molecule has 19 heavy (non-hydrogen) atoms. The van der Waals surface area contributed by atoms with Crippen molar-refractivity contribution in [2.75, 3.05) is 32.7 Å². The molecule has 0 spiro atoms. The van der Waals surface area contributed by atoms with E-state index in [-0.39, 0.29) is 24.8 Å². The van der Waals surface area contributed by atoms with Gasteiger partial charge in [0.1, 0.15) is 6.04 Å². The number of likely N-dealkylation sites (tertiary alicyclic amines) is 1. The van der Waals surface area contributed by atoms with Crippen LogP contribution in [0.2, 0.25) is 0 Å². The highest BCUT2D eigenvalue weighted by atomic mass is 16.4. The number of carboxylic acids is 1. The third kappa shape index (κ3) is 3.44. The minimum absolute atomic E-state index is 0.0115. The maximum atomic E-state index is 12.1. The molecule has 0 radical (unpaired) electrons. The van der Waals surface area contributed by atoms with Crippen molar-refractivity contribution in [3.05, 3.63) is 0 Å². The van der Waals surface area contributed by atoms with Crippen LogP contribution in [0.5, 0.6) is 0 Å². The first kappa shape index (κ1) is 13.8. The molecule has 7 nitrogen and oxygen atoms in total. The molecule has 0 aromatic rings. The first-order valence-electron chi connectivity index (χ1n) is 6.59. The molecule has 106 valence electrons. The standard InChI is InChI=1S/C12H19N3O4/c16-10(14-4-1-2-5-14)8-15-6-3-13-12(19)9(15)7-11(17)18/h9H,1-8H2,(H,13,19)(H,17,18). The van der Waals surface area contributed by atoms with E-state index in [1.54, 1.807) is 9.80 Å². The predicted molar refractivity (Wildman–Crippen MR) is 66.4 cm³/mol. The minimum atomic E-state index is -1.03. The Morgan fingerprint density at radius 3 is 2.58 bits per heavy atom. The van der Waals surface area contributed by atoms with Gasteiger partial charge in [0.05, 0.1) is 13.0 Å². The topological polar surface area (TPSA) is 89.9 Å². The summed E-state index contributed by atoms with van der Waals surface area (Å²) in [6, 6.07) is -0.738. The van der Waals surface area contributed by atoms with E-state index in [2.05, 4.69) is 5.32 Å². The summed E-state index contributed by atoms with van der Waals surface area (Å²) < 4.78 is 0. The third-order valence-electron chi connectivity index (χ3n) is 3.61. The van der Waals surface area contributed by atoms with E-state index in [0.717, 1.165) is 25.9 Å². The molecule has 2 aliphatic heterocycles. The van der Waals surface area contributed by atoms with E-state index >= 15 is 0 Å². The lowest BCUT2D eigenvalue weighted by atomic mass is 10.1. The number of hydrogen-bond donors (Lipinski definition) is 2. The molecule has 2 aliphatic rings. The van der Waals surface area contributed by atoms with Crippen LogP contribution in [-0.4, -0.2) is 71.5 Å². The number of nitrogens with one attached hydrogen (secondary N) is 1. The normalized spacial score (nSPS) is 24.3. The van der Waals surface area contributed by atoms with Gasteiger partial charge >= 0.3 is 5.97 Å². The van der Waals surface area contributed by atoms with Crippen LogP contribution in [0, 0.1) is 0 Å². The van der Waals surface area contributed by atoms with Crippen LogP contribution < -0.4 is 5.32 Å². The number of carboxylic acid groups (broad SMARTS) is 1. The van der Waals surface area contributed by atoms with E-state index < -0.39 is 12.0 Å². The second-order valence-electron chi connectivity index (χ2n) is 4.96. The Morgan fingerprint density at radius 2 is 1.95 bits per heavy atom. The molecule has 0 aromatic heterocycles. The summed E-state index contributed by atoms with van der Waals surface area (Å²) in [6.45, 7) is 2.64. The highest BCUT2D eigenvalue weighted by Gasteiger charge is 2.33. The van der Waals surface area contributed by atoms with Crippen molar-refractivity contribution in [2.24, 2.45) is 0 Å². The van der Waals surface area contributed by atoms with E-state index in [0.29, 0.717) is 13.1 Å². The summed E-state index contributed by atoms with van der Waals surface area (Å²) in [5.74, 6) is -1.34. The molecular formula is C12H19N3O4. The second-order valence-corrected chi connectivity index (χ2v) is 4.96. The summed E-state index contributed by atoms with van der Waals surface area (Å²) in [5, 5.41) is 11.5.